The molecule has 9 heteroatoms. The van der Waals surface area contributed by atoms with E-state index in [9.17, 15) is 10.1 Å². The second-order valence-corrected chi connectivity index (χ2v) is 9.23. The van der Waals surface area contributed by atoms with Crippen LogP contribution in [0, 0.1) is 18.3 Å². The fourth-order valence-electron chi connectivity index (χ4n) is 3.55. The van der Waals surface area contributed by atoms with Gasteiger partial charge in [-0.25, -0.2) is 0 Å². The highest BCUT2D eigenvalue weighted by Gasteiger charge is 2.16. The Bertz CT molecular complexity index is 2130. The number of fused-ring (bicyclic) bond motifs is 1. The number of anilines is 2. The monoisotopic (exact) mass is 579 g/mol. The molecule has 210 valence electrons. The Hall–Kier alpha value is -4.45. The summed E-state index contributed by atoms with van der Waals surface area (Å²) in [5, 5.41) is 12.2. The summed E-state index contributed by atoms with van der Waals surface area (Å²) in [5.74, 6) is -1.11. The number of ether oxygens (including phenoxy) is 2. The van der Waals surface area contributed by atoms with Crippen LogP contribution in [-0.4, -0.2) is 47.9 Å². The minimum atomic E-state index is -0.634. The summed E-state index contributed by atoms with van der Waals surface area (Å²) in [6.07, 6.45) is 0.0409. The maximum absolute atomic E-state index is 13.1. The van der Waals surface area contributed by atoms with Crippen molar-refractivity contribution < 1.29 is 28.0 Å². The molecule has 0 saturated carbocycles. The van der Waals surface area contributed by atoms with Crippen LogP contribution in [0.15, 0.2) is 66.6 Å². The lowest BCUT2D eigenvalue weighted by molar-refractivity contribution is -0.114. The molecule has 0 saturated heterocycles. The number of likely N-dealkylation sites (N-methyl/N-ethyl adjacent to an activating group) is 1. The molecule has 0 spiro atoms. The number of aryl methyl sites for hydroxylation is 1. The van der Waals surface area contributed by atoms with E-state index >= 15 is 0 Å². The fourth-order valence-corrected chi connectivity index (χ4v) is 3.75. The highest BCUT2D eigenvalue weighted by Crippen LogP contribution is 2.36. The Morgan fingerprint density at radius 1 is 1.22 bits per heavy atom. The number of pyridine rings is 2. The largest absolute Gasteiger partial charge is 0.494 e. The van der Waals surface area contributed by atoms with Crippen LogP contribution in [0.4, 0.5) is 11.4 Å². The van der Waals surface area contributed by atoms with Gasteiger partial charge in [-0.1, -0.05) is 23.7 Å². The molecule has 0 radical (unpaired) electrons. The van der Waals surface area contributed by atoms with E-state index in [-0.39, 0.29) is 82.7 Å². The predicted octanol–water partition coefficient (Wildman–Crippen LogP) is 6.41. The van der Waals surface area contributed by atoms with E-state index in [1.807, 2.05) is 6.07 Å². The highest BCUT2D eigenvalue weighted by atomic mass is 35.5. The standard InChI is InChI=1S/C32H32ClN5O3/c1-5-40-31-17-29-27(15-22(31)14-26(39)10-7-13-38(3)4)32(23(18-34)19-35-29)37-24-11-12-30(28(33)16-24)41-20-25-9-6-8-21(2)36-25/h6-12,15-17,19H,5,13-14,20H2,1-4H3,(H,35,37)/b10-7+/i6D,7D,8D,9D,11D,12D,15D,16D,17D,19D. The Morgan fingerprint density at radius 3 is 2.80 bits per heavy atom. The molecular formula is C32H32ClN5O3. The number of aromatic nitrogens is 2. The summed E-state index contributed by atoms with van der Waals surface area (Å²) in [7, 11) is 3.46. The fraction of sp³-hybridized carbons (Fsp3) is 0.250. The maximum atomic E-state index is 13.1. The number of benzene rings is 2. The zero-order chi connectivity index (χ0) is 38.1. The zero-order valence-electron chi connectivity index (χ0n) is 32.8. The third-order valence-corrected chi connectivity index (χ3v) is 5.58. The molecule has 0 aliphatic carbocycles. The van der Waals surface area contributed by atoms with Crippen LogP contribution < -0.4 is 14.8 Å². The third kappa shape index (κ3) is 7.82. The van der Waals surface area contributed by atoms with Gasteiger partial charge in [0.2, 0.25) is 0 Å². The van der Waals surface area contributed by atoms with Crippen molar-refractivity contribution in [3.8, 4) is 17.6 Å². The van der Waals surface area contributed by atoms with Crippen LogP contribution in [-0.2, 0) is 17.8 Å². The van der Waals surface area contributed by atoms with Crippen molar-refractivity contribution in [2.75, 3.05) is 32.6 Å². The summed E-state index contributed by atoms with van der Waals surface area (Å²) in [6, 6.07) is -1.73. The maximum Gasteiger partial charge on any atom is 0.159 e. The van der Waals surface area contributed by atoms with Gasteiger partial charge in [0, 0.05) is 47.5 Å². The first-order valence-electron chi connectivity index (χ1n) is 17.4. The number of rotatable bonds is 12. The van der Waals surface area contributed by atoms with Crippen LogP contribution in [0.3, 0.4) is 0 Å². The van der Waals surface area contributed by atoms with Crippen molar-refractivity contribution in [1.29, 1.82) is 5.26 Å². The number of nitrogens with one attached hydrogen (secondary N) is 1. The molecule has 0 unspecified atom stereocenters. The Kier molecular flexibility index (Phi) is 6.31. The molecular weight excluding hydrogens is 538 g/mol. The van der Waals surface area contributed by atoms with Crippen LogP contribution >= 0.6 is 11.6 Å². The van der Waals surface area contributed by atoms with Gasteiger partial charge in [-0.15, -0.1) is 0 Å². The molecule has 2 aromatic carbocycles. The molecule has 4 rings (SSSR count). The van der Waals surface area contributed by atoms with Crippen molar-refractivity contribution >= 4 is 39.7 Å². The van der Waals surface area contributed by atoms with Gasteiger partial charge in [-0.2, -0.15) is 5.26 Å². The summed E-state index contributed by atoms with van der Waals surface area (Å²) < 4.78 is 95.9. The lowest BCUT2D eigenvalue weighted by atomic mass is 10.0. The second kappa shape index (κ2) is 13.8. The van der Waals surface area contributed by atoms with Crippen LogP contribution in [0.5, 0.6) is 11.5 Å². The number of hydrogen-bond acceptors (Lipinski definition) is 8. The normalized spacial score (nSPS) is 14.8. The number of ketones is 1. The molecule has 41 heavy (non-hydrogen) atoms. The molecule has 4 aromatic rings. The van der Waals surface area contributed by atoms with E-state index in [0.717, 1.165) is 6.08 Å². The minimum absolute atomic E-state index is 0.0101. The highest BCUT2D eigenvalue weighted by molar-refractivity contribution is 6.32. The van der Waals surface area contributed by atoms with Gasteiger partial charge in [-0.3, -0.25) is 14.8 Å². The summed E-state index contributed by atoms with van der Waals surface area (Å²) in [5.41, 5.74) is -1.28. The summed E-state index contributed by atoms with van der Waals surface area (Å²) >= 11 is 6.48. The van der Waals surface area contributed by atoms with Gasteiger partial charge in [-0.05, 0) is 70.3 Å². The number of allylic oxidation sites excluding steroid dienone is 1. The van der Waals surface area contributed by atoms with Crippen LogP contribution in [0.1, 0.15) is 43.1 Å². The van der Waals surface area contributed by atoms with Crippen molar-refractivity contribution in [2.45, 2.75) is 26.9 Å². The number of halogens is 1. The van der Waals surface area contributed by atoms with Gasteiger partial charge in [0.1, 0.15) is 24.2 Å². The first-order valence-corrected chi connectivity index (χ1v) is 12.8. The Morgan fingerprint density at radius 2 is 2.05 bits per heavy atom. The zero-order valence-corrected chi connectivity index (χ0v) is 23.6. The smallest absolute Gasteiger partial charge is 0.159 e. The topological polar surface area (TPSA) is 100 Å². The first-order chi connectivity index (χ1) is 23.9. The summed E-state index contributed by atoms with van der Waals surface area (Å²) in [6.45, 7) is 2.88. The molecule has 0 aliphatic rings. The number of nitriles is 1. The predicted molar refractivity (Wildman–Crippen MR) is 162 cm³/mol. The molecule has 1 N–H and O–H groups in total. The number of carbonyl (C=O) groups is 1. The molecule has 2 heterocycles. The van der Waals surface area contributed by atoms with Gasteiger partial charge in [0.25, 0.3) is 0 Å². The van der Waals surface area contributed by atoms with Crippen molar-refractivity contribution in [2.24, 2.45) is 0 Å². The SMILES string of the molecule is [2H]/C(=C\C(=O)Cc1c(OCC)c([2H])c2nc([2H])c(C#N)c(Nc3c([2H])c([2H])c(OCc4nc(C)c([2H])c([2H])c4[2H])c(Cl)c3[2H])c2c1[2H])CN(C)C. The second-order valence-electron chi connectivity index (χ2n) is 8.85. The lowest BCUT2D eigenvalue weighted by Gasteiger charge is -2.16. The van der Waals surface area contributed by atoms with E-state index in [1.165, 1.54) is 6.92 Å². The van der Waals surface area contributed by atoms with Gasteiger partial charge in [0.05, 0.1) is 47.8 Å². The summed E-state index contributed by atoms with van der Waals surface area (Å²) in [4.78, 5) is 22.9. The first kappa shape index (κ1) is 18.8. The number of hydrogen-bond donors (Lipinski definition) is 1. The van der Waals surface area contributed by atoms with E-state index < -0.39 is 71.2 Å². The average molecular weight is 580 g/mol. The minimum Gasteiger partial charge on any atom is -0.494 e. The molecule has 0 aliphatic heterocycles. The van der Waals surface area contributed by atoms with Crippen LogP contribution in [0.25, 0.3) is 10.9 Å². The molecule has 0 amide bonds. The quantitative estimate of drug-likeness (QED) is 0.192. The Balaban J connectivity index is 1.89. The lowest BCUT2D eigenvalue weighted by Crippen LogP contribution is -2.11. The molecule has 0 atom stereocenters. The van der Waals surface area contributed by atoms with Crippen LogP contribution in [0.2, 0.25) is 5.02 Å². The van der Waals surface area contributed by atoms with E-state index in [2.05, 4.69) is 15.3 Å². The average Bonchev–Trinajstić information content (AvgIpc) is 3.06. The van der Waals surface area contributed by atoms with Gasteiger partial charge < -0.3 is 19.7 Å². The van der Waals surface area contributed by atoms with E-state index in [4.69, 9.17) is 34.8 Å². The number of nitrogens with zero attached hydrogens (tertiary/aromatic N) is 4. The van der Waals surface area contributed by atoms with E-state index in [0.29, 0.717) is 0 Å². The molecule has 0 fully saturated rings. The Labute approximate surface area is 259 Å². The van der Waals surface area contributed by atoms with Gasteiger partial charge in [0.15, 0.2) is 5.78 Å². The molecule has 8 nitrogen and oxygen atoms in total. The number of carbonyl (C=O) groups excluding carboxylic acids is 1. The van der Waals surface area contributed by atoms with Crippen molar-refractivity contribution in [3.63, 3.8) is 0 Å². The van der Waals surface area contributed by atoms with Gasteiger partial charge >= 0.3 is 0 Å². The van der Waals surface area contributed by atoms with E-state index in [1.54, 1.807) is 25.9 Å². The molecule has 2 aromatic heterocycles. The van der Waals surface area contributed by atoms with Crippen molar-refractivity contribution in [3.05, 3.63) is 94.2 Å². The van der Waals surface area contributed by atoms with Crippen molar-refractivity contribution in [1.82, 2.24) is 14.9 Å². The molecule has 0 bridgehead atoms. The third-order valence-electron chi connectivity index (χ3n) is 5.31.